The number of benzene rings is 4. The molecule has 53 heavy (non-hydrogen) atoms. The van der Waals surface area contributed by atoms with Gasteiger partial charge in [-0.3, -0.25) is 29.6 Å². The molecule has 274 valence electrons. The van der Waals surface area contributed by atoms with Crippen molar-refractivity contribution in [2.75, 3.05) is 30.3 Å². The van der Waals surface area contributed by atoms with Crippen molar-refractivity contribution in [3.63, 3.8) is 0 Å². The number of halogens is 2. The molecule has 3 amide bonds. The maximum Gasteiger partial charge on any atom is 0.290 e. The van der Waals surface area contributed by atoms with Crippen LogP contribution < -0.4 is 16.0 Å². The Morgan fingerprint density at radius 3 is 2.25 bits per heavy atom. The summed E-state index contributed by atoms with van der Waals surface area (Å²) in [4.78, 5) is 47.4. The van der Waals surface area contributed by atoms with Crippen molar-refractivity contribution >= 4 is 46.6 Å². The first-order chi connectivity index (χ1) is 25.7. The van der Waals surface area contributed by atoms with Gasteiger partial charge in [-0.2, -0.15) is 5.10 Å². The Morgan fingerprint density at radius 1 is 0.887 bits per heavy atom. The minimum Gasteiger partial charge on any atom is -0.483 e. The monoisotopic (exact) mass is 722 g/mol. The molecule has 0 radical (unpaired) electrons. The molecule has 0 bridgehead atoms. The number of rotatable bonds is 10. The first-order valence-corrected chi connectivity index (χ1v) is 17.5. The number of nitrogens with one attached hydrogen (secondary N) is 4. The van der Waals surface area contributed by atoms with Crippen LogP contribution in [0.25, 0.3) is 10.9 Å². The van der Waals surface area contributed by atoms with Gasteiger partial charge in [0.2, 0.25) is 11.8 Å². The molecule has 3 heterocycles. The van der Waals surface area contributed by atoms with E-state index in [2.05, 4.69) is 43.2 Å². The molecule has 4 aromatic carbocycles. The van der Waals surface area contributed by atoms with Crippen molar-refractivity contribution in [2.45, 2.75) is 50.5 Å². The fraction of sp³-hybridized carbons (Fsp3) is 0.275. The molecule has 13 heteroatoms. The van der Waals surface area contributed by atoms with Crippen molar-refractivity contribution in [3.05, 3.63) is 124 Å². The maximum absolute atomic E-state index is 13.7. The van der Waals surface area contributed by atoms with Crippen molar-refractivity contribution in [2.24, 2.45) is 0 Å². The number of amides is 3. The van der Waals surface area contributed by atoms with Crippen LogP contribution in [0.5, 0.6) is 0 Å². The molecule has 0 spiro atoms. The third-order valence-electron chi connectivity index (χ3n) is 9.67. The number of piperidine rings is 2. The first kappa shape index (κ1) is 36.8. The lowest BCUT2D eigenvalue weighted by Crippen LogP contribution is -2.47. The highest BCUT2D eigenvalue weighted by Gasteiger charge is 2.26. The predicted octanol–water partition coefficient (Wildman–Crippen LogP) is 6.02. The molecular weight excluding hydrogens is 682 g/mol. The van der Waals surface area contributed by atoms with Crippen LogP contribution in [-0.4, -0.2) is 70.1 Å². The highest BCUT2D eigenvalue weighted by atomic mass is 19.1. The van der Waals surface area contributed by atoms with Gasteiger partial charge in [-0.25, -0.2) is 8.78 Å². The topological polar surface area (TPSA) is 157 Å². The highest BCUT2D eigenvalue weighted by Crippen LogP contribution is 2.30. The summed E-state index contributed by atoms with van der Waals surface area (Å²) in [6.45, 7) is 2.72. The minimum absolute atomic E-state index is 0.216. The van der Waals surface area contributed by atoms with E-state index in [0.717, 1.165) is 67.3 Å². The second-order valence-corrected chi connectivity index (χ2v) is 13.3. The summed E-state index contributed by atoms with van der Waals surface area (Å²) in [6, 6.07) is 24.6. The molecule has 2 saturated heterocycles. The van der Waals surface area contributed by atoms with E-state index < -0.39 is 11.6 Å². The lowest BCUT2D eigenvalue weighted by atomic mass is 9.89. The summed E-state index contributed by atoms with van der Waals surface area (Å²) in [5, 5.41) is 23.3. The Kier molecular flexibility index (Phi) is 11.8. The molecule has 0 aliphatic carbocycles. The van der Waals surface area contributed by atoms with Gasteiger partial charge < -0.3 is 20.6 Å². The number of aromatic amines is 1. The van der Waals surface area contributed by atoms with Crippen molar-refractivity contribution in [3.8, 4) is 0 Å². The molecule has 2 fully saturated rings. The Morgan fingerprint density at radius 2 is 1.57 bits per heavy atom. The Labute approximate surface area is 304 Å². The largest absolute Gasteiger partial charge is 0.483 e. The first-order valence-electron chi connectivity index (χ1n) is 17.5. The molecule has 2 aliphatic heterocycles. The number of carbonyl (C=O) groups is 4. The van der Waals surface area contributed by atoms with Crippen LogP contribution >= 0.6 is 0 Å². The number of H-pyrrole nitrogens is 1. The number of hydrogen-bond donors (Lipinski definition) is 5. The molecule has 2 aliphatic rings. The molecule has 1 aromatic heterocycles. The number of fused-ring (bicyclic) bond motifs is 1. The fourth-order valence-corrected chi connectivity index (χ4v) is 6.88. The van der Waals surface area contributed by atoms with Crippen LogP contribution in [0.2, 0.25) is 0 Å². The van der Waals surface area contributed by atoms with Gasteiger partial charge >= 0.3 is 0 Å². The number of likely N-dealkylation sites (tertiary alicyclic amines) is 1. The Balaban J connectivity index is 0.00000155. The van der Waals surface area contributed by atoms with E-state index in [-0.39, 0.29) is 30.2 Å². The normalized spacial score (nSPS) is 16.4. The molecule has 5 N–H and O–H groups in total. The molecule has 1 atom stereocenters. The highest BCUT2D eigenvalue weighted by molar-refractivity contribution is 6.08. The zero-order valence-electron chi connectivity index (χ0n) is 28.9. The third kappa shape index (κ3) is 9.69. The van der Waals surface area contributed by atoms with Gasteiger partial charge in [-0.1, -0.05) is 30.3 Å². The van der Waals surface area contributed by atoms with Crippen LogP contribution in [0.15, 0.2) is 84.9 Å². The number of carbonyl (C=O) groups excluding carboxylic acids is 3. The summed E-state index contributed by atoms with van der Waals surface area (Å²) in [7, 11) is 0. The van der Waals surface area contributed by atoms with Gasteiger partial charge in [-0.05, 0) is 122 Å². The molecule has 5 aromatic rings. The van der Waals surface area contributed by atoms with Gasteiger partial charge in [0, 0.05) is 35.7 Å². The van der Waals surface area contributed by atoms with E-state index in [1.165, 1.54) is 17.7 Å². The van der Waals surface area contributed by atoms with E-state index >= 15 is 0 Å². The number of carboxylic acid groups (broad SMARTS) is 1. The summed E-state index contributed by atoms with van der Waals surface area (Å²) >= 11 is 0. The standard InChI is InChI=1S/C39H38F2N6O3.CH2O2/c40-30-20-26(21-31(41)23-30)19-25-3-10-34-33(22-25)37(46-45-34)44-38(49)29-4-1-24(2-5-29)13-16-47-17-14-28(15-18-47)27-6-8-32(9-7-27)42-35-11-12-36(48)43-39(35)50;2-1-3/h1-10,20-23,28,35,42H,11-19H2,(H,43,48,50)(H2,44,45,46,49);1H,(H,2,3). The van der Waals surface area contributed by atoms with E-state index in [9.17, 15) is 23.2 Å². The molecule has 7 rings (SSSR count). The van der Waals surface area contributed by atoms with E-state index in [1.807, 2.05) is 54.6 Å². The Bertz CT molecular complexity index is 2060. The number of nitrogens with zero attached hydrogens (tertiary/aromatic N) is 2. The molecule has 11 nitrogen and oxygen atoms in total. The Hall–Kier alpha value is -5.95. The summed E-state index contributed by atoms with van der Waals surface area (Å²) in [5.41, 5.74) is 5.96. The number of anilines is 2. The summed E-state index contributed by atoms with van der Waals surface area (Å²) in [5.74, 6) is -1.11. The van der Waals surface area contributed by atoms with E-state index in [1.54, 1.807) is 0 Å². The van der Waals surface area contributed by atoms with Crippen LogP contribution in [-0.2, 0) is 27.2 Å². The van der Waals surface area contributed by atoms with Crippen LogP contribution in [0.1, 0.15) is 64.2 Å². The predicted molar refractivity (Wildman–Crippen MR) is 197 cm³/mol. The van der Waals surface area contributed by atoms with Gasteiger partial charge in [0.25, 0.3) is 12.4 Å². The zero-order valence-corrected chi connectivity index (χ0v) is 28.9. The van der Waals surface area contributed by atoms with Crippen LogP contribution in [0.4, 0.5) is 20.3 Å². The maximum atomic E-state index is 13.7. The second-order valence-electron chi connectivity index (χ2n) is 13.3. The number of imide groups is 1. The van der Waals surface area contributed by atoms with Gasteiger partial charge in [0.1, 0.15) is 17.7 Å². The lowest BCUT2D eigenvalue weighted by Gasteiger charge is -2.32. The lowest BCUT2D eigenvalue weighted by molar-refractivity contribution is -0.133. The van der Waals surface area contributed by atoms with Crippen molar-refractivity contribution in [1.29, 1.82) is 0 Å². The van der Waals surface area contributed by atoms with Crippen molar-refractivity contribution < 1.29 is 33.1 Å². The average Bonchev–Trinajstić information content (AvgIpc) is 3.54. The average molecular weight is 723 g/mol. The number of aromatic nitrogens is 2. The quantitative estimate of drug-likeness (QED) is 0.0866. The van der Waals surface area contributed by atoms with Crippen LogP contribution in [0.3, 0.4) is 0 Å². The zero-order chi connectivity index (χ0) is 37.3. The minimum atomic E-state index is -0.618. The van der Waals surface area contributed by atoms with Crippen molar-refractivity contribution in [1.82, 2.24) is 20.4 Å². The molecular formula is C40H40F2N6O5. The van der Waals surface area contributed by atoms with E-state index in [0.29, 0.717) is 47.5 Å². The van der Waals surface area contributed by atoms with Gasteiger partial charge in [-0.15, -0.1) is 0 Å². The van der Waals surface area contributed by atoms with Crippen LogP contribution in [0, 0.1) is 11.6 Å². The van der Waals surface area contributed by atoms with Gasteiger partial charge in [0.15, 0.2) is 5.82 Å². The summed E-state index contributed by atoms with van der Waals surface area (Å²) < 4.78 is 27.4. The fourth-order valence-electron chi connectivity index (χ4n) is 6.88. The smallest absolute Gasteiger partial charge is 0.290 e. The number of hydrogen-bond acceptors (Lipinski definition) is 7. The van der Waals surface area contributed by atoms with E-state index in [4.69, 9.17) is 9.90 Å². The molecule has 0 saturated carbocycles. The third-order valence-corrected chi connectivity index (χ3v) is 9.67. The SMILES string of the molecule is O=C1CCC(Nc2ccc(C3CCN(CCc4ccc(C(=O)Nc5n[nH]c6ccc(Cc7cc(F)cc(F)c7)cc56)cc4)CC3)cc2)C(=O)N1.O=CO. The van der Waals surface area contributed by atoms with Gasteiger partial charge in [0.05, 0.1) is 5.52 Å². The molecule has 1 unspecified atom stereocenters. The second kappa shape index (κ2) is 17.0. The summed E-state index contributed by atoms with van der Waals surface area (Å²) in [6.07, 6.45) is 4.23.